The molecule has 11 heteroatoms. The minimum absolute atomic E-state index is 0.109. The topological polar surface area (TPSA) is 63.9 Å². The number of carbonyl (C=O) groups is 1. The van der Waals surface area contributed by atoms with Crippen LogP contribution in [0, 0.1) is 6.92 Å². The lowest BCUT2D eigenvalue weighted by atomic mass is 9.96. The van der Waals surface area contributed by atoms with E-state index in [1.165, 1.54) is 4.68 Å². The summed E-state index contributed by atoms with van der Waals surface area (Å²) in [5.74, 6) is 1.08. The van der Waals surface area contributed by atoms with Gasteiger partial charge in [-0.1, -0.05) is 18.2 Å². The van der Waals surface area contributed by atoms with Crippen molar-refractivity contribution in [2.75, 3.05) is 13.1 Å². The highest BCUT2D eigenvalue weighted by Crippen LogP contribution is 2.34. The highest BCUT2D eigenvalue weighted by molar-refractivity contribution is 7.98. The molecule has 1 aliphatic rings. The minimum atomic E-state index is -4.50. The van der Waals surface area contributed by atoms with Crippen LogP contribution in [0.25, 0.3) is 10.9 Å². The van der Waals surface area contributed by atoms with Crippen LogP contribution < -0.4 is 0 Å². The molecular weight excluding hydrogens is 519 g/mol. The van der Waals surface area contributed by atoms with Gasteiger partial charge < -0.3 is 4.79 Å². The molecular formula is C26H26F3N5OS2. The van der Waals surface area contributed by atoms with Crippen molar-refractivity contribution < 1.29 is 18.0 Å². The number of halogens is 3. The summed E-state index contributed by atoms with van der Waals surface area (Å²) in [5.41, 5.74) is 1.51. The molecule has 6 nitrogen and oxygen atoms in total. The number of rotatable bonds is 8. The minimum Gasteiger partial charge on any atom is -0.302 e. The quantitative estimate of drug-likeness (QED) is 0.201. The van der Waals surface area contributed by atoms with E-state index in [1.807, 2.05) is 23.2 Å². The molecule has 1 saturated heterocycles. The van der Waals surface area contributed by atoms with Crippen molar-refractivity contribution >= 4 is 40.3 Å². The molecule has 4 aromatic rings. The Bertz CT molecular complexity index is 1370. The van der Waals surface area contributed by atoms with Crippen LogP contribution in [0.5, 0.6) is 0 Å². The summed E-state index contributed by atoms with van der Waals surface area (Å²) in [6.07, 6.45) is -0.171. The van der Waals surface area contributed by atoms with Gasteiger partial charge in [0.15, 0.2) is 5.69 Å². The Morgan fingerprint density at radius 3 is 2.73 bits per heavy atom. The summed E-state index contributed by atoms with van der Waals surface area (Å²) in [6.45, 7) is 3.06. The number of likely N-dealkylation sites (tertiary alicyclic amines) is 1. The van der Waals surface area contributed by atoms with Gasteiger partial charge in [-0.3, -0.25) is 14.6 Å². The first kappa shape index (κ1) is 25.9. The van der Waals surface area contributed by atoms with Gasteiger partial charge in [0.1, 0.15) is 6.29 Å². The number of hydrogen-bond donors (Lipinski definition) is 0. The van der Waals surface area contributed by atoms with E-state index in [-0.39, 0.29) is 6.54 Å². The second kappa shape index (κ2) is 10.9. The first-order chi connectivity index (χ1) is 17.8. The van der Waals surface area contributed by atoms with Gasteiger partial charge in [-0.15, -0.1) is 23.1 Å². The Hall–Kier alpha value is -2.76. The number of aromatic nitrogens is 4. The van der Waals surface area contributed by atoms with Gasteiger partial charge >= 0.3 is 6.18 Å². The van der Waals surface area contributed by atoms with Crippen LogP contribution in [0.2, 0.25) is 0 Å². The number of thioether (sulfide) groups is 1. The van der Waals surface area contributed by atoms with Gasteiger partial charge in [0.25, 0.3) is 0 Å². The molecule has 0 aliphatic carbocycles. The molecule has 0 radical (unpaired) electrons. The third kappa shape index (κ3) is 5.89. The summed E-state index contributed by atoms with van der Waals surface area (Å²) in [6, 6.07) is 10.7. The molecule has 1 unspecified atom stereocenters. The molecule has 0 bridgehead atoms. The van der Waals surface area contributed by atoms with Crippen LogP contribution in [0.3, 0.4) is 0 Å². The molecule has 1 aliphatic heterocycles. The monoisotopic (exact) mass is 545 g/mol. The Kier molecular flexibility index (Phi) is 7.64. The predicted molar refractivity (Wildman–Crippen MR) is 139 cm³/mol. The smallest absolute Gasteiger partial charge is 0.302 e. The second-order valence-corrected chi connectivity index (χ2v) is 11.1. The Morgan fingerprint density at radius 2 is 2.00 bits per heavy atom. The summed E-state index contributed by atoms with van der Waals surface area (Å²) in [5, 5.41) is 8.01. The standard InChI is InChI=1S/C26H26F3N5OS2/c1-17-12-23(26(27,28)29)32-34(17)13-21(14-35)33-10-7-19(8-11-33)25-31-20(16-37-25)15-36-22-6-2-4-18-5-3-9-30-24(18)22/h2-6,9,12,14,16,19,21H,7-8,10-11,13,15H2,1H3. The summed E-state index contributed by atoms with van der Waals surface area (Å²) >= 11 is 3.40. The molecule has 1 fully saturated rings. The zero-order chi connectivity index (χ0) is 26.0. The van der Waals surface area contributed by atoms with Crippen molar-refractivity contribution in [1.82, 2.24) is 24.6 Å². The molecule has 0 N–H and O–H groups in total. The van der Waals surface area contributed by atoms with E-state index in [9.17, 15) is 18.0 Å². The molecule has 194 valence electrons. The SMILES string of the molecule is Cc1cc(C(F)(F)F)nn1CC(C=O)N1CCC(c2nc(CSc3cccc4cccnc34)cs2)CC1. The fraction of sp³-hybridized carbons (Fsp3) is 0.385. The highest BCUT2D eigenvalue weighted by Gasteiger charge is 2.35. The molecule has 0 saturated carbocycles. The van der Waals surface area contributed by atoms with E-state index in [1.54, 1.807) is 30.0 Å². The second-order valence-electron chi connectivity index (χ2n) is 9.16. The van der Waals surface area contributed by atoms with Crippen LogP contribution >= 0.6 is 23.1 Å². The van der Waals surface area contributed by atoms with Gasteiger partial charge in [0, 0.05) is 39.2 Å². The van der Waals surface area contributed by atoms with Crippen LogP contribution in [0.1, 0.15) is 40.8 Å². The van der Waals surface area contributed by atoms with Crippen LogP contribution in [0.15, 0.2) is 52.9 Å². The van der Waals surface area contributed by atoms with Gasteiger partial charge in [-0.2, -0.15) is 18.3 Å². The molecule has 3 aromatic heterocycles. The van der Waals surface area contributed by atoms with E-state index < -0.39 is 17.9 Å². The van der Waals surface area contributed by atoms with E-state index in [0.29, 0.717) is 24.7 Å². The molecule has 0 amide bonds. The molecule has 5 rings (SSSR count). The fourth-order valence-electron chi connectivity index (χ4n) is 4.65. The number of alkyl halides is 3. The van der Waals surface area contributed by atoms with Gasteiger partial charge in [-0.25, -0.2) is 4.98 Å². The lowest BCUT2D eigenvalue weighted by Gasteiger charge is -2.34. The first-order valence-corrected chi connectivity index (χ1v) is 13.9. The number of nitrogens with zero attached hydrogens (tertiary/aromatic N) is 5. The zero-order valence-electron chi connectivity index (χ0n) is 20.2. The highest BCUT2D eigenvalue weighted by atomic mass is 32.2. The Labute approximate surface area is 220 Å². The summed E-state index contributed by atoms with van der Waals surface area (Å²) in [7, 11) is 0. The van der Waals surface area contributed by atoms with Gasteiger partial charge in [0.2, 0.25) is 0 Å². The van der Waals surface area contributed by atoms with Crippen molar-refractivity contribution in [3.05, 3.63) is 70.1 Å². The molecule has 4 heterocycles. The summed E-state index contributed by atoms with van der Waals surface area (Å²) < 4.78 is 40.3. The van der Waals surface area contributed by atoms with Gasteiger partial charge in [-0.05, 0) is 51.1 Å². The average molecular weight is 546 g/mol. The van der Waals surface area contributed by atoms with Crippen LogP contribution in [-0.2, 0) is 23.3 Å². The number of para-hydroxylation sites is 1. The maximum Gasteiger partial charge on any atom is 0.435 e. The number of aldehydes is 1. The average Bonchev–Trinajstić information content (AvgIpc) is 3.53. The number of fused-ring (bicyclic) bond motifs is 1. The first-order valence-electron chi connectivity index (χ1n) is 12.0. The number of benzene rings is 1. The van der Waals surface area contributed by atoms with Crippen molar-refractivity contribution in [3.8, 4) is 0 Å². The number of hydrogen-bond acceptors (Lipinski definition) is 7. The van der Waals surface area contributed by atoms with Crippen molar-refractivity contribution in [2.45, 2.75) is 55.1 Å². The maximum atomic E-state index is 13.0. The molecule has 1 aromatic carbocycles. The number of thiazole rings is 1. The molecule has 1 atom stereocenters. The van der Waals surface area contributed by atoms with Crippen molar-refractivity contribution in [2.24, 2.45) is 0 Å². The lowest BCUT2D eigenvalue weighted by Crippen LogP contribution is -2.44. The van der Waals surface area contributed by atoms with Crippen molar-refractivity contribution in [1.29, 1.82) is 0 Å². The number of pyridine rings is 1. The Balaban J connectivity index is 1.17. The predicted octanol–water partition coefficient (Wildman–Crippen LogP) is 5.95. The van der Waals surface area contributed by atoms with Crippen LogP contribution in [-0.4, -0.2) is 50.1 Å². The largest absolute Gasteiger partial charge is 0.435 e. The summed E-state index contributed by atoms with van der Waals surface area (Å²) in [4.78, 5) is 24.4. The van der Waals surface area contributed by atoms with E-state index in [0.717, 1.165) is 57.4 Å². The lowest BCUT2D eigenvalue weighted by molar-refractivity contribution is -0.141. The van der Waals surface area contributed by atoms with E-state index >= 15 is 0 Å². The molecule has 0 spiro atoms. The maximum absolute atomic E-state index is 13.0. The number of carbonyl (C=O) groups excluding carboxylic acids is 1. The normalized spacial score (nSPS) is 16.3. The third-order valence-corrected chi connectivity index (χ3v) is 8.81. The Morgan fingerprint density at radius 1 is 1.22 bits per heavy atom. The third-order valence-electron chi connectivity index (χ3n) is 6.68. The van der Waals surface area contributed by atoms with E-state index in [2.05, 4.69) is 33.7 Å². The van der Waals surface area contributed by atoms with E-state index in [4.69, 9.17) is 4.98 Å². The van der Waals surface area contributed by atoms with Gasteiger partial charge in [0.05, 0.1) is 28.8 Å². The van der Waals surface area contributed by atoms with Crippen molar-refractivity contribution in [3.63, 3.8) is 0 Å². The fourth-order valence-corrected chi connectivity index (χ4v) is 6.68. The van der Waals surface area contributed by atoms with Crippen LogP contribution in [0.4, 0.5) is 13.2 Å². The number of piperidine rings is 1. The number of aryl methyl sites for hydroxylation is 1. The molecule has 37 heavy (non-hydrogen) atoms. The zero-order valence-corrected chi connectivity index (χ0v) is 21.8.